The number of nitrogens with one attached hydrogen (secondary N) is 1. The summed E-state index contributed by atoms with van der Waals surface area (Å²) in [6.45, 7) is 9.03. The number of halogens is 2. The van der Waals surface area contributed by atoms with E-state index in [0.29, 0.717) is 41.2 Å². The third kappa shape index (κ3) is 8.02. The summed E-state index contributed by atoms with van der Waals surface area (Å²) in [6, 6.07) is 12.9. The van der Waals surface area contributed by atoms with Crippen LogP contribution in [0.2, 0.25) is 10.0 Å². The molecular formula is C25H32Cl2N2O2S. The molecule has 0 aliphatic rings. The monoisotopic (exact) mass is 494 g/mol. The highest BCUT2D eigenvalue weighted by Gasteiger charge is 2.28. The van der Waals surface area contributed by atoms with E-state index in [0.717, 1.165) is 16.7 Å². The van der Waals surface area contributed by atoms with Gasteiger partial charge in [-0.15, -0.1) is 11.8 Å². The second-order valence-electron chi connectivity index (χ2n) is 8.26. The molecule has 2 amide bonds. The van der Waals surface area contributed by atoms with Crippen LogP contribution in [-0.4, -0.2) is 35.1 Å². The molecule has 2 aromatic rings. The van der Waals surface area contributed by atoms with Crippen molar-refractivity contribution in [3.63, 3.8) is 0 Å². The SMILES string of the molecule is CCC(C(=O)NCC(C)C)N(Cc1ccc(C)cc1)C(=O)CSCc1c(Cl)cccc1Cl. The minimum absolute atomic E-state index is 0.0784. The highest BCUT2D eigenvalue weighted by Crippen LogP contribution is 2.28. The predicted octanol–water partition coefficient (Wildman–Crippen LogP) is 6.11. The highest BCUT2D eigenvalue weighted by molar-refractivity contribution is 7.99. The highest BCUT2D eigenvalue weighted by atomic mass is 35.5. The van der Waals surface area contributed by atoms with Crippen molar-refractivity contribution < 1.29 is 9.59 Å². The topological polar surface area (TPSA) is 49.4 Å². The van der Waals surface area contributed by atoms with Crippen molar-refractivity contribution >= 4 is 46.8 Å². The Morgan fingerprint density at radius 3 is 2.25 bits per heavy atom. The minimum atomic E-state index is -0.521. The third-order valence-corrected chi connectivity index (χ3v) is 6.73. The van der Waals surface area contributed by atoms with E-state index in [1.165, 1.54) is 11.8 Å². The van der Waals surface area contributed by atoms with Crippen molar-refractivity contribution in [3.8, 4) is 0 Å². The molecule has 0 bridgehead atoms. The fraction of sp³-hybridized carbons (Fsp3) is 0.440. The lowest BCUT2D eigenvalue weighted by Crippen LogP contribution is -2.50. The predicted molar refractivity (Wildman–Crippen MR) is 136 cm³/mol. The van der Waals surface area contributed by atoms with Gasteiger partial charge in [-0.25, -0.2) is 0 Å². The zero-order valence-corrected chi connectivity index (χ0v) is 21.5. The Bertz CT molecular complexity index is 883. The first kappa shape index (κ1) is 26.6. The summed E-state index contributed by atoms with van der Waals surface area (Å²) in [5.41, 5.74) is 2.97. The van der Waals surface area contributed by atoms with Gasteiger partial charge < -0.3 is 10.2 Å². The zero-order chi connectivity index (χ0) is 23.7. The lowest BCUT2D eigenvalue weighted by Gasteiger charge is -2.31. The molecule has 0 aliphatic carbocycles. The molecule has 1 unspecified atom stereocenters. The number of hydrogen-bond acceptors (Lipinski definition) is 3. The van der Waals surface area contributed by atoms with Crippen molar-refractivity contribution in [2.75, 3.05) is 12.3 Å². The van der Waals surface area contributed by atoms with Gasteiger partial charge in [0.1, 0.15) is 6.04 Å². The molecule has 1 atom stereocenters. The van der Waals surface area contributed by atoms with E-state index >= 15 is 0 Å². The molecule has 4 nitrogen and oxygen atoms in total. The molecule has 0 spiro atoms. The molecule has 7 heteroatoms. The van der Waals surface area contributed by atoms with Gasteiger partial charge in [0.15, 0.2) is 0 Å². The molecule has 2 aromatic carbocycles. The molecule has 0 saturated carbocycles. The summed E-state index contributed by atoms with van der Waals surface area (Å²) >= 11 is 14.0. The summed E-state index contributed by atoms with van der Waals surface area (Å²) in [6.07, 6.45) is 0.544. The molecule has 0 aromatic heterocycles. The van der Waals surface area contributed by atoms with Gasteiger partial charge in [-0.05, 0) is 42.5 Å². The molecule has 0 radical (unpaired) electrons. The zero-order valence-electron chi connectivity index (χ0n) is 19.2. The Hall–Kier alpha value is -1.69. The first-order chi connectivity index (χ1) is 15.2. The van der Waals surface area contributed by atoms with Crippen LogP contribution in [0.15, 0.2) is 42.5 Å². The van der Waals surface area contributed by atoms with Crippen LogP contribution in [0.4, 0.5) is 0 Å². The number of nitrogens with zero attached hydrogens (tertiary/aromatic N) is 1. The fourth-order valence-electron chi connectivity index (χ4n) is 3.23. The number of carbonyl (C=O) groups excluding carboxylic acids is 2. The van der Waals surface area contributed by atoms with Gasteiger partial charge in [-0.2, -0.15) is 0 Å². The Labute approximate surface area is 206 Å². The number of aryl methyl sites for hydroxylation is 1. The van der Waals surface area contributed by atoms with Crippen LogP contribution in [0, 0.1) is 12.8 Å². The van der Waals surface area contributed by atoms with Crippen molar-refractivity contribution in [2.24, 2.45) is 5.92 Å². The first-order valence-electron chi connectivity index (χ1n) is 10.9. The number of thioether (sulfide) groups is 1. The van der Waals surface area contributed by atoms with Crippen molar-refractivity contribution in [3.05, 3.63) is 69.2 Å². The lowest BCUT2D eigenvalue weighted by molar-refractivity contribution is -0.139. The van der Waals surface area contributed by atoms with E-state index in [1.807, 2.05) is 52.0 Å². The summed E-state index contributed by atoms with van der Waals surface area (Å²) in [4.78, 5) is 27.9. The maximum Gasteiger partial charge on any atom is 0.242 e. The Balaban J connectivity index is 2.15. The maximum absolute atomic E-state index is 13.3. The number of rotatable bonds is 11. The molecule has 0 fully saturated rings. The molecule has 32 heavy (non-hydrogen) atoms. The number of benzene rings is 2. The normalized spacial score (nSPS) is 12.0. The van der Waals surface area contributed by atoms with E-state index in [-0.39, 0.29) is 17.6 Å². The van der Waals surface area contributed by atoms with Crippen LogP contribution in [-0.2, 0) is 21.9 Å². The van der Waals surface area contributed by atoms with E-state index in [2.05, 4.69) is 5.32 Å². The maximum atomic E-state index is 13.3. The van der Waals surface area contributed by atoms with E-state index in [1.54, 1.807) is 23.1 Å². The quantitative estimate of drug-likeness (QED) is 0.409. The van der Waals surface area contributed by atoms with E-state index in [4.69, 9.17) is 23.2 Å². The molecule has 1 N–H and O–H groups in total. The van der Waals surface area contributed by atoms with E-state index in [9.17, 15) is 9.59 Å². The van der Waals surface area contributed by atoms with Crippen LogP contribution in [0.5, 0.6) is 0 Å². The number of hydrogen-bond donors (Lipinski definition) is 1. The van der Waals surface area contributed by atoms with Gasteiger partial charge in [0.25, 0.3) is 0 Å². The smallest absolute Gasteiger partial charge is 0.242 e. The summed E-state index contributed by atoms with van der Waals surface area (Å²) in [5.74, 6) is 0.917. The molecule has 174 valence electrons. The van der Waals surface area contributed by atoms with Gasteiger partial charge >= 0.3 is 0 Å². The van der Waals surface area contributed by atoms with Crippen LogP contribution in [0.3, 0.4) is 0 Å². The van der Waals surface area contributed by atoms with Crippen molar-refractivity contribution in [1.82, 2.24) is 10.2 Å². The lowest BCUT2D eigenvalue weighted by atomic mass is 10.1. The number of amides is 2. The second-order valence-corrected chi connectivity index (χ2v) is 10.1. The van der Waals surface area contributed by atoms with Crippen LogP contribution >= 0.6 is 35.0 Å². The van der Waals surface area contributed by atoms with Crippen LogP contribution in [0.25, 0.3) is 0 Å². The van der Waals surface area contributed by atoms with Gasteiger partial charge in [-0.1, -0.05) is 79.9 Å². The molecule has 0 aliphatic heterocycles. The van der Waals surface area contributed by atoms with Crippen molar-refractivity contribution in [2.45, 2.75) is 52.5 Å². The van der Waals surface area contributed by atoms with Gasteiger partial charge in [0.05, 0.1) is 5.75 Å². The summed E-state index contributed by atoms with van der Waals surface area (Å²) in [7, 11) is 0. The van der Waals surface area contributed by atoms with E-state index < -0.39 is 6.04 Å². The van der Waals surface area contributed by atoms with Crippen LogP contribution < -0.4 is 5.32 Å². The third-order valence-electron chi connectivity index (χ3n) is 5.08. The standard InChI is InChI=1S/C25H32Cl2N2O2S/c1-5-23(25(31)28-13-17(2)3)29(14-19-11-9-18(4)10-12-19)24(30)16-32-15-20-21(26)7-6-8-22(20)27/h6-12,17,23H,5,13-16H2,1-4H3,(H,28,31). The van der Waals surface area contributed by atoms with Crippen LogP contribution in [0.1, 0.15) is 43.9 Å². The van der Waals surface area contributed by atoms with Gasteiger partial charge in [0, 0.05) is 28.9 Å². The Morgan fingerprint density at radius 1 is 1.06 bits per heavy atom. The average molecular weight is 496 g/mol. The molecular weight excluding hydrogens is 463 g/mol. The average Bonchev–Trinajstić information content (AvgIpc) is 2.75. The van der Waals surface area contributed by atoms with Gasteiger partial charge in [-0.3, -0.25) is 9.59 Å². The fourth-order valence-corrected chi connectivity index (χ4v) is 4.87. The Kier molecular flexibility index (Phi) is 10.9. The van der Waals surface area contributed by atoms with Crippen molar-refractivity contribution in [1.29, 1.82) is 0 Å². The molecule has 2 rings (SSSR count). The molecule has 0 saturated heterocycles. The van der Waals surface area contributed by atoms with Gasteiger partial charge in [0.2, 0.25) is 11.8 Å². The Morgan fingerprint density at radius 2 is 1.69 bits per heavy atom. The summed E-state index contributed by atoms with van der Waals surface area (Å²) < 4.78 is 0. The largest absolute Gasteiger partial charge is 0.354 e. The minimum Gasteiger partial charge on any atom is -0.354 e. The second kappa shape index (κ2) is 13.1. The number of carbonyl (C=O) groups is 2. The first-order valence-corrected chi connectivity index (χ1v) is 12.8. The summed E-state index contributed by atoms with van der Waals surface area (Å²) in [5, 5.41) is 4.17. The molecule has 0 heterocycles.